The molecule has 1 saturated heterocycles. The van der Waals surface area contributed by atoms with Gasteiger partial charge in [0.15, 0.2) is 0 Å². The van der Waals surface area contributed by atoms with Crippen LogP contribution in [0.3, 0.4) is 0 Å². The molecule has 0 bridgehead atoms. The summed E-state index contributed by atoms with van der Waals surface area (Å²) in [6.45, 7) is 2.30. The molecule has 1 aliphatic heterocycles. The maximum atomic E-state index is 9.61. The average Bonchev–Trinajstić information content (AvgIpc) is 2.09. The summed E-state index contributed by atoms with van der Waals surface area (Å²) in [6, 6.07) is 0. The van der Waals surface area contributed by atoms with Gasteiger partial charge in [0, 0.05) is 14.2 Å². The second-order valence-corrected chi connectivity index (χ2v) is 3.00. The van der Waals surface area contributed by atoms with Crippen molar-refractivity contribution in [3.05, 3.63) is 0 Å². The van der Waals surface area contributed by atoms with E-state index in [2.05, 4.69) is 0 Å². The average molecular weight is 176 g/mol. The number of rotatable bonds is 2. The third kappa shape index (κ3) is 1.77. The summed E-state index contributed by atoms with van der Waals surface area (Å²) >= 11 is 0. The number of ether oxygens (including phenoxy) is 3. The van der Waals surface area contributed by atoms with E-state index in [1.807, 2.05) is 6.92 Å². The maximum Gasteiger partial charge on any atom is 0.114 e. The molecule has 1 aliphatic rings. The van der Waals surface area contributed by atoms with Crippen LogP contribution in [0.1, 0.15) is 6.92 Å². The Balaban J connectivity index is 2.58. The summed E-state index contributed by atoms with van der Waals surface area (Å²) in [4.78, 5) is 0. The Kier molecular flexibility index (Phi) is 3.46. The first-order valence-corrected chi connectivity index (χ1v) is 4.06. The summed E-state index contributed by atoms with van der Waals surface area (Å²) in [7, 11) is 3.15. The van der Waals surface area contributed by atoms with Gasteiger partial charge in [0.05, 0.1) is 12.7 Å². The summed E-state index contributed by atoms with van der Waals surface area (Å²) in [5.74, 6) is 0. The maximum absolute atomic E-state index is 9.61. The van der Waals surface area contributed by atoms with Crippen LogP contribution in [-0.4, -0.2) is 50.3 Å². The number of aliphatic hydroxyl groups excluding tert-OH is 1. The first-order chi connectivity index (χ1) is 5.70. The van der Waals surface area contributed by atoms with Gasteiger partial charge in [-0.05, 0) is 6.92 Å². The zero-order valence-corrected chi connectivity index (χ0v) is 7.69. The second kappa shape index (κ2) is 4.18. The molecule has 72 valence electrons. The summed E-state index contributed by atoms with van der Waals surface area (Å²) < 4.78 is 15.5. The lowest BCUT2D eigenvalue weighted by Crippen LogP contribution is -2.53. The van der Waals surface area contributed by atoms with Gasteiger partial charge in [-0.1, -0.05) is 0 Å². The van der Waals surface area contributed by atoms with E-state index >= 15 is 0 Å². The van der Waals surface area contributed by atoms with Crippen LogP contribution in [0, 0.1) is 0 Å². The topological polar surface area (TPSA) is 47.9 Å². The minimum atomic E-state index is -0.603. The van der Waals surface area contributed by atoms with Crippen LogP contribution in [0.4, 0.5) is 0 Å². The van der Waals surface area contributed by atoms with Gasteiger partial charge in [-0.3, -0.25) is 0 Å². The normalized spacial score (nSPS) is 43.0. The van der Waals surface area contributed by atoms with E-state index in [1.165, 1.54) is 0 Å². The molecule has 0 unspecified atom stereocenters. The monoisotopic (exact) mass is 176 g/mol. The second-order valence-electron chi connectivity index (χ2n) is 3.00. The van der Waals surface area contributed by atoms with Crippen molar-refractivity contribution in [1.29, 1.82) is 0 Å². The molecule has 0 radical (unpaired) electrons. The van der Waals surface area contributed by atoms with Crippen molar-refractivity contribution in [2.45, 2.75) is 31.3 Å². The highest BCUT2D eigenvalue weighted by Gasteiger charge is 2.37. The Hall–Kier alpha value is -0.160. The van der Waals surface area contributed by atoms with Crippen LogP contribution < -0.4 is 0 Å². The minimum absolute atomic E-state index is 0.166. The minimum Gasteiger partial charge on any atom is -0.388 e. The highest BCUT2D eigenvalue weighted by atomic mass is 16.6. The van der Waals surface area contributed by atoms with Crippen molar-refractivity contribution in [2.75, 3.05) is 20.8 Å². The van der Waals surface area contributed by atoms with E-state index in [-0.39, 0.29) is 18.3 Å². The molecule has 12 heavy (non-hydrogen) atoms. The van der Waals surface area contributed by atoms with Crippen LogP contribution in [0.5, 0.6) is 0 Å². The Morgan fingerprint density at radius 2 is 2.00 bits per heavy atom. The number of methoxy groups -OCH3 is 2. The van der Waals surface area contributed by atoms with E-state index in [1.54, 1.807) is 14.2 Å². The van der Waals surface area contributed by atoms with Crippen molar-refractivity contribution < 1.29 is 19.3 Å². The van der Waals surface area contributed by atoms with E-state index in [0.717, 1.165) is 0 Å². The first-order valence-electron chi connectivity index (χ1n) is 4.06. The molecular weight excluding hydrogens is 160 g/mol. The van der Waals surface area contributed by atoms with Crippen molar-refractivity contribution in [1.82, 2.24) is 0 Å². The first kappa shape index (κ1) is 9.92. The molecule has 0 saturated carbocycles. The smallest absolute Gasteiger partial charge is 0.114 e. The van der Waals surface area contributed by atoms with Gasteiger partial charge in [0.1, 0.15) is 18.3 Å². The summed E-state index contributed by atoms with van der Waals surface area (Å²) in [5.41, 5.74) is 0. The predicted molar refractivity (Wildman–Crippen MR) is 43.0 cm³/mol. The van der Waals surface area contributed by atoms with Crippen LogP contribution >= 0.6 is 0 Å². The molecule has 0 amide bonds. The summed E-state index contributed by atoms with van der Waals surface area (Å²) in [5, 5.41) is 9.61. The molecule has 0 aromatic carbocycles. The molecule has 4 nitrogen and oxygen atoms in total. The van der Waals surface area contributed by atoms with Gasteiger partial charge in [-0.15, -0.1) is 0 Å². The molecular formula is C8H16O4. The van der Waals surface area contributed by atoms with Crippen molar-refractivity contribution in [3.8, 4) is 0 Å². The molecule has 1 fully saturated rings. The number of hydrogen-bond acceptors (Lipinski definition) is 4. The molecule has 1 heterocycles. The molecule has 4 atom stereocenters. The number of hydrogen-bond donors (Lipinski definition) is 1. The van der Waals surface area contributed by atoms with Gasteiger partial charge in [-0.2, -0.15) is 0 Å². The molecule has 0 aliphatic carbocycles. The fraction of sp³-hybridized carbons (Fsp3) is 1.00. The van der Waals surface area contributed by atoms with Gasteiger partial charge < -0.3 is 19.3 Å². The molecule has 0 aromatic rings. The standard InChI is InChI=1S/C8H16O4/c1-5-7(9)8(11-3)6(10-2)4-12-5/h5-9H,4H2,1-3H3/t5-,6+,7-,8+/m1/s1. The fourth-order valence-corrected chi connectivity index (χ4v) is 1.42. The SMILES string of the molecule is CO[C@@H]1[C@H](O)[C@@H](C)OC[C@@H]1OC. The predicted octanol–water partition coefficient (Wildman–Crippen LogP) is -0.204. The number of aliphatic hydroxyl groups is 1. The third-order valence-corrected chi connectivity index (χ3v) is 2.28. The lowest BCUT2D eigenvalue weighted by atomic mass is 10.0. The molecule has 0 spiro atoms. The van der Waals surface area contributed by atoms with Crippen LogP contribution in [0.15, 0.2) is 0 Å². The lowest BCUT2D eigenvalue weighted by Gasteiger charge is -2.37. The third-order valence-electron chi connectivity index (χ3n) is 2.28. The molecule has 0 aromatic heterocycles. The van der Waals surface area contributed by atoms with Gasteiger partial charge in [-0.25, -0.2) is 0 Å². The van der Waals surface area contributed by atoms with Crippen molar-refractivity contribution >= 4 is 0 Å². The Morgan fingerprint density at radius 1 is 1.33 bits per heavy atom. The van der Waals surface area contributed by atoms with Gasteiger partial charge >= 0.3 is 0 Å². The Bertz CT molecular complexity index is 137. The van der Waals surface area contributed by atoms with Crippen molar-refractivity contribution in [2.24, 2.45) is 0 Å². The van der Waals surface area contributed by atoms with E-state index in [0.29, 0.717) is 6.61 Å². The summed E-state index contributed by atoms with van der Waals surface area (Å²) in [6.07, 6.45) is -1.23. The highest BCUT2D eigenvalue weighted by molar-refractivity contribution is 4.86. The van der Waals surface area contributed by atoms with Gasteiger partial charge in [0.25, 0.3) is 0 Å². The zero-order valence-electron chi connectivity index (χ0n) is 7.69. The molecule has 1 N–H and O–H groups in total. The van der Waals surface area contributed by atoms with E-state index in [4.69, 9.17) is 14.2 Å². The largest absolute Gasteiger partial charge is 0.388 e. The van der Waals surface area contributed by atoms with Crippen LogP contribution in [0.25, 0.3) is 0 Å². The fourth-order valence-electron chi connectivity index (χ4n) is 1.42. The van der Waals surface area contributed by atoms with Gasteiger partial charge in [0.2, 0.25) is 0 Å². The Morgan fingerprint density at radius 3 is 2.50 bits per heavy atom. The molecule has 4 heteroatoms. The quantitative estimate of drug-likeness (QED) is 0.632. The van der Waals surface area contributed by atoms with E-state index < -0.39 is 6.10 Å². The highest BCUT2D eigenvalue weighted by Crippen LogP contribution is 2.19. The molecule has 1 rings (SSSR count). The van der Waals surface area contributed by atoms with Crippen molar-refractivity contribution in [3.63, 3.8) is 0 Å². The zero-order chi connectivity index (χ0) is 9.14. The van der Waals surface area contributed by atoms with Crippen LogP contribution in [0.2, 0.25) is 0 Å². The van der Waals surface area contributed by atoms with Crippen LogP contribution in [-0.2, 0) is 14.2 Å². The Labute approximate surface area is 72.4 Å². The lowest BCUT2D eigenvalue weighted by molar-refractivity contribution is -0.198. The van der Waals surface area contributed by atoms with E-state index in [9.17, 15) is 5.11 Å².